The SMILES string of the molecule is COc1ccc(CC(=O)N2CCC(C3CCN(C(=O)c4ccccc4COC(=O)c4ccccc4)CC3)CC2)cc1OC. The molecule has 5 rings (SSSR count). The van der Waals surface area contributed by atoms with Crippen LogP contribution in [-0.2, 0) is 22.6 Å². The van der Waals surface area contributed by atoms with Gasteiger partial charge in [0, 0.05) is 37.3 Å². The number of piperidine rings is 2. The summed E-state index contributed by atoms with van der Waals surface area (Å²) in [6, 6.07) is 21.9. The molecule has 226 valence electrons. The van der Waals surface area contributed by atoms with Crippen LogP contribution in [0.5, 0.6) is 11.5 Å². The summed E-state index contributed by atoms with van der Waals surface area (Å²) in [6.07, 6.45) is 4.25. The van der Waals surface area contributed by atoms with Crippen LogP contribution >= 0.6 is 0 Å². The highest BCUT2D eigenvalue weighted by atomic mass is 16.5. The van der Waals surface area contributed by atoms with Crippen molar-refractivity contribution in [2.75, 3.05) is 40.4 Å². The van der Waals surface area contributed by atoms with Gasteiger partial charge in [-0.3, -0.25) is 9.59 Å². The zero-order valence-corrected chi connectivity index (χ0v) is 25.0. The Hall–Kier alpha value is -4.33. The standard InChI is InChI=1S/C35H40N2O6/c1-41-31-13-12-25(22-32(31)42-2)23-33(38)36-18-14-26(15-19-36)27-16-20-37(21-17-27)34(39)30-11-7-6-10-29(30)24-43-35(40)28-8-4-3-5-9-28/h3-13,22,26-27H,14-21,23-24H2,1-2H3. The number of nitrogens with zero attached hydrogens (tertiary/aromatic N) is 2. The Bertz CT molecular complexity index is 1410. The van der Waals surface area contributed by atoms with E-state index in [0.29, 0.717) is 59.5 Å². The van der Waals surface area contributed by atoms with Gasteiger partial charge in [0.15, 0.2) is 11.5 Å². The van der Waals surface area contributed by atoms with E-state index in [1.165, 1.54) is 0 Å². The van der Waals surface area contributed by atoms with Crippen molar-refractivity contribution >= 4 is 17.8 Å². The van der Waals surface area contributed by atoms with Crippen molar-refractivity contribution in [3.8, 4) is 11.5 Å². The van der Waals surface area contributed by atoms with E-state index < -0.39 is 5.97 Å². The summed E-state index contributed by atoms with van der Waals surface area (Å²) >= 11 is 0. The summed E-state index contributed by atoms with van der Waals surface area (Å²) in [5.74, 6) is 2.12. The van der Waals surface area contributed by atoms with E-state index in [1.807, 2.05) is 58.3 Å². The van der Waals surface area contributed by atoms with Crippen molar-refractivity contribution in [2.45, 2.75) is 38.7 Å². The fraction of sp³-hybridized carbons (Fsp3) is 0.400. The molecule has 2 aliphatic rings. The largest absolute Gasteiger partial charge is 0.493 e. The van der Waals surface area contributed by atoms with Crippen molar-refractivity contribution < 1.29 is 28.6 Å². The average molecular weight is 585 g/mol. The van der Waals surface area contributed by atoms with Crippen molar-refractivity contribution in [3.63, 3.8) is 0 Å². The number of hydrogen-bond donors (Lipinski definition) is 0. The molecule has 0 atom stereocenters. The van der Waals surface area contributed by atoms with Gasteiger partial charge in [-0.05, 0) is 73.4 Å². The molecule has 2 aliphatic heterocycles. The molecule has 0 radical (unpaired) electrons. The highest BCUT2D eigenvalue weighted by molar-refractivity contribution is 5.96. The lowest BCUT2D eigenvalue weighted by Gasteiger charge is -2.40. The van der Waals surface area contributed by atoms with Gasteiger partial charge >= 0.3 is 5.97 Å². The van der Waals surface area contributed by atoms with Gasteiger partial charge in [-0.15, -0.1) is 0 Å². The molecule has 0 bridgehead atoms. The molecule has 2 saturated heterocycles. The third kappa shape index (κ3) is 7.37. The number of hydrogen-bond acceptors (Lipinski definition) is 6. The Morgan fingerprint density at radius 2 is 1.33 bits per heavy atom. The first-order valence-corrected chi connectivity index (χ1v) is 15.0. The molecule has 3 aromatic carbocycles. The Labute approximate surface area is 253 Å². The molecule has 0 saturated carbocycles. The van der Waals surface area contributed by atoms with Crippen LogP contribution < -0.4 is 9.47 Å². The molecule has 2 fully saturated rings. The van der Waals surface area contributed by atoms with Crippen molar-refractivity contribution in [1.82, 2.24) is 9.80 Å². The highest BCUT2D eigenvalue weighted by Crippen LogP contribution is 2.34. The molecule has 0 aliphatic carbocycles. The quantitative estimate of drug-likeness (QED) is 0.314. The first-order chi connectivity index (χ1) is 21.0. The van der Waals surface area contributed by atoms with Crippen LogP contribution in [0, 0.1) is 11.8 Å². The molecule has 2 heterocycles. The molecular weight excluding hydrogens is 544 g/mol. The number of carbonyl (C=O) groups is 3. The van der Waals surface area contributed by atoms with Gasteiger partial charge < -0.3 is 24.0 Å². The Kier molecular flexibility index (Phi) is 9.97. The van der Waals surface area contributed by atoms with Crippen molar-refractivity contribution in [2.24, 2.45) is 11.8 Å². The minimum absolute atomic E-state index is 0.0135. The minimum Gasteiger partial charge on any atom is -0.493 e. The van der Waals surface area contributed by atoms with Gasteiger partial charge in [0.2, 0.25) is 5.91 Å². The summed E-state index contributed by atoms with van der Waals surface area (Å²) < 4.78 is 16.2. The maximum Gasteiger partial charge on any atom is 0.338 e. The monoisotopic (exact) mass is 584 g/mol. The van der Waals surface area contributed by atoms with E-state index in [9.17, 15) is 14.4 Å². The van der Waals surface area contributed by atoms with Crippen LogP contribution in [0.3, 0.4) is 0 Å². The molecule has 3 aromatic rings. The maximum atomic E-state index is 13.5. The lowest BCUT2D eigenvalue weighted by Crippen LogP contribution is -2.44. The van der Waals surface area contributed by atoms with Crippen molar-refractivity contribution in [1.29, 1.82) is 0 Å². The molecule has 0 spiro atoms. The van der Waals surface area contributed by atoms with E-state index in [1.54, 1.807) is 38.5 Å². The number of likely N-dealkylation sites (tertiary alicyclic amines) is 2. The Morgan fingerprint density at radius 3 is 1.98 bits per heavy atom. The lowest BCUT2D eigenvalue weighted by atomic mass is 9.78. The van der Waals surface area contributed by atoms with Gasteiger partial charge in [0.1, 0.15) is 6.61 Å². The zero-order chi connectivity index (χ0) is 30.2. The fourth-order valence-electron chi connectivity index (χ4n) is 6.30. The second-order valence-electron chi connectivity index (χ2n) is 11.3. The van der Waals surface area contributed by atoms with Gasteiger partial charge in [-0.25, -0.2) is 4.79 Å². The van der Waals surface area contributed by atoms with Crippen LogP contribution in [0.25, 0.3) is 0 Å². The summed E-state index contributed by atoms with van der Waals surface area (Å²) in [5, 5.41) is 0. The normalized spacial score (nSPS) is 16.0. The van der Waals surface area contributed by atoms with Gasteiger partial charge in [0.25, 0.3) is 5.91 Å². The average Bonchev–Trinajstić information content (AvgIpc) is 3.07. The molecule has 2 amide bonds. The van der Waals surface area contributed by atoms with E-state index >= 15 is 0 Å². The Morgan fingerprint density at radius 1 is 0.721 bits per heavy atom. The first kappa shape index (κ1) is 30.1. The van der Waals surface area contributed by atoms with Crippen molar-refractivity contribution in [3.05, 3.63) is 95.1 Å². The molecule has 0 aromatic heterocycles. The number of benzene rings is 3. The highest BCUT2D eigenvalue weighted by Gasteiger charge is 2.32. The number of carbonyl (C=O) groups excluding carboxylic acids is 3. The number of ether oxygens (including phenoxy) is 3. The van der Waals surface area contributed by atoms with Gasteiger partial charge in [-0.1, -0.05) is 42.5 Å². The molecule has 0 unspecified atom stereocenters. The molecule has 0 N–H and O–H groups in total. The minimum atomic E-state index is -0.405. The Balaban J connectivity index is 1.09. The topological polar surface area (TPSA) is 85.4 Å². The number of methoxy groups -OCH3 is 2. The number of rotatable bonds is 9. The first-order valence-electron chi connectivity index (χ1n) is 15.0. The maximum absolute atomic E-state index is 13.5. The van der Waals surface area contributed by atoms with E-state index in [4.69, 9.17) is 14.2 Å². The smallest absolute Gasteiger partial charge is 0.338 e. The second-order valence-corrected chi connectivity index (χ2v) is 11.3. The predicted molar refractivity (Wildman–Crippen MR) is 163 cm³/mol. The molecule has 8 heteroatoms. The van der Waals surface area contributed by atoms with Gasteiger partial charge in [-0.2, -0.15) is 0 Å². The zero-order valence-electron chi connectivity index (χ0n) is 25.0. The van der Waals surface area contributed by atoms with Gasteiger partial charge in [0.05, 0.1) is 26.2 Å². The lowest BCUT2D eigenvalue weighted by molar-refractivity contribution is -0.132. The predicted octanol–water partition coefficient (Wildman–Crippen LogP) is 5.39. The number of amides is 2. The van der Waals surface area contributed by atoms with E-state index in [-0.39, 0.29) is 18.4 Å². The molecule has 8 nitrogen and oxygen atoms in total. The fourth-order valence-corrected chi connectivity index (χ4v) is 6.30. The number of esters is 1. The third-order valence-electron chi connectivity index (χ3n) is 8.81. The van der Waals surface area contributed by atoms with Crippen LogP contribution in [0.15, 0.2) is 72.8 Å². The summed E-state index contributed by atoms with van der Waals surface area (Å²) in [5.41, 5.74) is 2.70. The van der Waals surface area contributed by atoms with Crippen LogP contribution in [-0.4, -0.2) is 68.0 Å². The summed E-state index contributed by atoms with van der Waals surface area (Å²) in [4.78, 5) is 42.8. The summed E-state index contributed by atoms with van der Waals surface area (Å²) in [6.45, 7) is 3.01. The molecule has 43 heavy (non-hydrogen) atoms. The van der Waals surface area contributed by atoms with E-state index in [2.05, 4.69) is 0 Å². The molecular formula is C35H40N2O6. The third-order valence-corrected chi connectivity index (χ3v) is 8.81. The summed E-state index contributed by atoms with van der Waals surface area (Å²) in [7, 11) is 3.20. The van der Waals surface area contributed by atoms with Crippen LogP contribution in [0.1, 0.15) is 57.5 Å². The van der Waals surface area contributed by atoms with Crippen LogP contribution in [0.2, 0.25) is 0 Å². The van der Waals surface area contributed by atoms with E-state index in [0.717, 1.165) is 44.3 Å². The second kappa shape index (κ2) is 14.2. The van der Waals surface area contributed by atoms with Crippen LogP contribution in [0.4, 0.5) is 0 Å².